The van der Waals surface area contributed by atoms with Crippen molar-refractivity contribution in [2.75, 3.05) is 49.5 Å². The minimum absolute atomic E-state index is 0.0651. The number of aryl methyl sites for hydroxylation is 1. The molecular formula is C17H25N3O6S2. The fourth-order valence-electron chi connectivity index (χ4n) is 3.39. The van der Waals surface area contributed by atoms with E-state index in [1.165, 1.54) is 18.2 Å². The van der Waals surface area contributed by atoms with Crippen LogP contribution >= 0.6 is 0 Å². The number of hydrogen-bond acceptors (Lipinski definition) is 7. The van der Waals surface area contributed by atoms with E-state index in [1.54, 1.807) is 13.8 Å². The first-order valence-corrected chi connectivity index (χ1v) is 12.2. The summed E-state index contributed by atoms with van der Waals surface area (Å²) in [7, 11) is -7.47. The molecule has 0 spiro atoms. The molecule has 0 bridgehead atoms. The summed E-state index contributed by atoms with van der Waals surface area (Å²) in [5, 5.41) is 0. The number of carbonyl (C=O) groups is 1. The number of morpholine rings is 1. The van der Waals surface area contributed by atoms with Crippen LogP contribution in [0.2, 0.25) is 0 Å². The second kappa shape index (κ2) is 8.07. The lowest BCUT2D eigenvalue weighted by Gasteiger charge is -2.26. The molecule has 1 atom stereocenters. The molecule has 2 fully saturated rings. The van der Waals surface area contributed by atoms with Gasteiger partial charge in [0.1, 0.15) is 0 Å². The number of benzene rings is 1. The first kappa shape index (κ1) is 21.2. The Hall–Kier alpha value is -1.53. The second-order valence-corrected chi connectivity index (χ2v) is 10.7. The summed E-state index contributed by atoms with van der Waals surface area (Å²) < 4.78 is 58.3. The molecule has 156 valence electrons. The standard InChI is InChI=1S/C17H25N3O6S2/c1-13-11-15(20-17(21)14(2)12-27(20,22)23)3-4-16(13)28(24,25)18-5-6-19-7-9-26-10-8-19/h3-4,11,14,18H,5-10,12H2,1-2H3. The molecule has 1 aromatic rings. The highest BCUT2D eigenvalue weighted by Gasteiger charge is 2.42. The molecule has 2 saturated heterocycles. The Balaban J connectivity index is 1.73. The maximum Gasteiger partial charge on any atom is 0.244 e. The monoisotopic (exact) mass is 431 g/mol. The van der Waals surface area contributed by atoms with Gasteiger partial charge in [0.25, 0.3) is 0 Å². The first-order valence-electron chi connectivity index (χ1n) is 9.09. The van der Waals surface area contributed by atoms with Crippen LogP contribution in [-0.4, -0.2) is 72.8 Å². The summed E-state index contributed by atoms with van der Waals surface area (Å²) in [6.07, 6.45) is 0. The Morgan fingerprint density at radius 3 is 2.50 bits per heavy atom. The molecule has 2 aliphatic rings. The van der Waals surface area contributed by atoms with Crippen LogP contribution in [0.4, 0.5) is 5.69 Å². The van der Waals surface area contributed by atoms with Gasteiger partial charge in [0.15, 0.2) is 0 Å². The molecule has 1 unspecified atom stereocenters. The van der Waals surface area contributed by atoms with Crippen molar-refractivity contribution >= 4 is 31.6 Å². The van der Waals surface area contributed by atoms with Gasteiger partial charge in [-0.25, -0.2) is 25.9 Å². The first-order chi connectivity index (χ1) is 13.1. The summed E-state index contributed by atoms with van der Waals surface area (Å²) in [6, 6.07) is 4.12. The van der Waals surface area contributed by atoms with Crippen LogP contribution < -0.4 is 9.03 Å². The normalized spacial score (nSPS) is 23.3. The van der Waals surface area contributed by atoms with E-state index in [1.807, 2.05) is 0 Å². The molecule has 0 radical (unpaired) electrons. The minimum Gasteiger partial charge on any atom is -0.379 e. The highest BCUT2D eigenvalue weighted by Crippen LogP contribution is 2.30. The Labute approximate surface area is 165 Å². The van der Waals surface area contributed by atoms with Crippen molar-refractivity contribution in [2.24, 2.45) is 5.92 Å². The van der Waals surface area contributed by atoms with Gasteiger partial charge in [0.2, 0.25) is 26.0 Å². The van der Waals surface area contributed by atoms with Gasteiger partial charge in [-0.3, -0.25) is 9.69 Å². The number of hydrogen-bond donors (Lipinski definition) is 1. The summed E-state index contributed by atoms with van der Waals surface area (Å²) in [6.45, 7) is 6.81. The van der Waals surface area contributed by atoms with Crippen molar-refractivity contribution in [3.8, 4) is 0 Å². The van der Waals surface area contributed by atoms with Crippen molar-refractivity contribution in [2.45, 2.75) is 18.7 Å². The van der Waals surface area contributed by atoms with Gasteiger partial charge in [0.05, 0.1) is 35.5 Å². The van der Waals surface area contributed by atoms with Gasteiger partial charge < -0.3 is 4.74 Å². The Morgan fingerprint density at radius 2 is 1.93 bits per heavy atom. The third-order valence-electron chi connectivity index (χ3n) is 4.87. The smallest absolute Gasteiger partial charge is 0.244 e. The molecule has 0 aromatic heterocycles. The van der Waals surface area contributed by atoms with Crippen LogP contribution in [0.3, 0.4) is 0 Å². The third-order valence-corrected chi connectivity index (χ3v) is 8.36. The van der Waals surface area contributed by atoms with Gasteiger partial charge >= 0.3 is 0 Å². The summed E-state index contributed by atoms with van der Waals surface area (Å²) >= 11 is 0. The van der Waals surface area contributed by atoms with Crippen molar-refractivity contribution in [3.05, 3.63) is 23.8 Å². The number of amides is 1. The highest BCUT2D eigenvalue weighted by atomic mass is 32.2. The SMILES string of the molecule is Cc1cc(N2C(=O)C(C)CS2(=O)=O)ccc1S(=O)(=O)NCCN1CCOCC1. The molecule has 9 nitrogen and oxygen atoms in total. The van der Waals surface area contributed by atoms with E-state index in [-0.39, 0.29) is 22.9 Å². The topological polar surface area (TPSA) is 113 Å². The average molecular weight is 432 g/mol. The van der Waals surface area contributed by atoms with E-state index >= 15 is 0 Å². The van der Waals surface area contributed by atoms with E-state index in [4.69, 9.17) is 4.74 Å². The Kier molecular flexibility index (Phi) is 6.11. The van der Waals surface area contributed by atoms with Crippen molar-refractivity contribution in [1.29, 1.82) is 0 Å². The van der Waals surface area contributed by atoms with Crippen molar-refractivity contribution in [1.82, 2.24) is 9.62 Å². The molecule has 0 saturated carbocycles. The molecule has 3 rings (SSSR count). The zero-order valence-electron chi connectivity index (χ0n) is 15.9. The maximum absolute atomic E-state index is 12.6. The molecule has 28 heavy (non-hydrogen) atoms. The van der Waals surface area contributed by atoms with Crippen LogP contribution in [0, 0.1) is 12.8 Å². The minimum atomic E-state index is -3.75. The molecule has 1 N–H and O–H groups in total. The van der Waals surface area contributed by atoms with Gasteiger partial charge in [-0.05, 0) is 30.7 Å². The number of ether oxygens (including phenoxy) is 1. The number of carbonyl (C=O) groups excluding carboxylic acids is 1. The molecule has 2 aliphatic heterocycles. The number of rotatable bonds is 6. The van der Waals surface area contributed by atoms with Crippen LogP contribution in [0.5, 0.6) is 0 Å². The van der Waals surface area contributed by atoms with Crippen molar-refractivity contribution < 1.29 is 26.4 Å². The number of sulfonamides is 2. The second-order valence-electron chi connectivity index (χ2n) is 7.08. The fraction of sp³-hybridized carbons (Fsp3) is 0.588. The zero-order chi connectivity index (χ0) is 20.5. The van der Waals surface area contributed by atoms with E-state index in [2.05, 4.69) is 9.62 Å². The van der Waals surface area contributed by atoms with Crippen molar-refractivity contribution in [3.63, 3.8) is 0 Å². The molecule has 11 heteroatoms. The molecule has 0 aliphatic carbocycles. The zero-order valence-corrected chi connectivity index (χ0v) is 17.6. The largest absolute Gasteiger partial charge is 0.379 e. The van der Waals surface area contributed by atoms with Gasteiger partial charge in [-0.15, -0.1) is 0 Å². The Bertz CT molecular complexity index is 955. The quantitative estimate of drug-likeness (QED) is 0.670. The van der Waals surface area contributed by atoms with E-state index < -0.39 is 31.9 Å². The molecule has 1 aromatic carbocycles. The predicted molar refractivity (Wildman–Crippen MR) is 104 cm³/mol. The number of anilines is 1. The summed E-state index contributed by atoms with van der Waals surface area (Å²) in [5.74, 6) is -1.36. The summed E-state index contributed by atoms with van der Waals surface area (Å²) in [5.41, 5.74) is 0.540. The van der Waals surface area contributed by atoms with Crippen LogP contribution in [0.1, 0.15) is 12.5 Å². The summed E-state index contributed by atoms with van der Waals surface area (Å²) in [4.78, 5) is 14.4. The van der Waals surface area contributed by atoms with E-state index in [9.17, 15) is 21.6 Å². The molecule has 1 amide bonds. The predicted octanol–water partition coefficient (Wildman–Crippen LogP) is -0.0820. The highest BCUT2D eigenvalue weighted by molar-refractivity contribution is 7.94. The van der Waals surface area contributed by atoms with Gasteiger partial charge in [-0.2, -0.15) is 0 Å². The van der Waals surface area contributed by atoms with E-state index in [0.29, 0.717) is 25.3 Å². The number of nitrogens with one attached hydrogen (secondary N) is 1. The molecular weight excluding hydrogens is 406 g/mol. The lowest BCUT2D eigenvalue weighted by molar-refractivity contribution is -0.119. The lowest BCUT2D eigenvalue weighted by atomic mass is 10.2. The Morgan fingerprint density at radius 1 is 1.25 bits per heavy atom. The van der Waals surface area contributed by atoms with E-state index in [0.717, 1.165) is 17.4 Å². The van der Waals surface area contributed by atoms with Gasteiger partial charge in [0, 0.05) is 26.2 Å². The average Bonchev–Trinajstić information content (AvgIpc) is 2.82. The van der Waals surface area contributed by atoms with Crippen LogP contribution in [0.15, 0.2) is 23.1 Å². The third kappa shape index (κ3) is 4.38. The fourth-order valence-corrected chi connectivity index (χ4v) is 6.45. The lowest BCUT2D eigenvalue weighted by Crippen LogP contribution is -2.41. The number of nitrogens with zero attached hydrogens (tertiary/aromatic N) is 2. The maximum atomic E-state index is 12.6. The van der Waals surface area contributed by atoms with Gasteiger partial charge in [-0.1, -0.05) is 6.92 Å². The van der Waals surface area contributed by atoms with Crippen LogP contribution in [-0.2, 0) is 29.6 Å². The van der Waals surface area contributed by atoms with Crippen LogP contribution in [0.25, 0.3) is 0 Å². The molecule has 2 heterocycles.